The molecule has 0 aromatic carbocycles. The quantitative estimate of drug-likeness (QED) is 0.691. The van der Waals surface area contributed by atoms with E-state index in [0.717, 1.165) is 6.54 Å². The average Bonchev–Trinajstić information content (AvgIpc) is 2.23. The monoisotopic (exact) mass is 200 g/mol. The number of nitrogens with two attached hydrogens (primary N) is 1. The number of likely N-dealkylation sites (tertiary alicyclic amines) is 1. The number of rotatable bonds is 5. The van der Waals surface area contributed by atoms with Gasteiger partial charge < -0.3 is 10.8 Å². The van der Waals surface area contributed by atoms with Gasteiger partial charge in [-0.2, -0.15) is 0 Å². The summed E-state index contributed by atoms with van der Waals surface area (Å²) in [6.07, 6.45) is 5.00. The lowest BCUT2D eigenvalue weighted by Crippen LogP contribution is -2.47. The van der Waals surface area contributed by atoms with Gasteiger partial charge >= 0.3 is 0 Å². The molecule has 2 unspecified atom stereocenters. The van der Waals surface area contributed by atoms with Crippen molar-refractivity contribution in [2.75, 3.05) is 26.2 Å². The summed E-state index contributed by atoms with van der Waals surface area (Å²) >= 11 is 0. The van der Waals surface area contributed by atoms with E-state index < -0.39 is 0 Å². The van der Waals surface area contributed by atoms with Gasteiger partial charge in [-0.3, -0.25) is 4.90 Å². The Morgan fingerprint density at radius 2 is 2.29 bits per heavy atom. The first-order valence-electron chi connectivity index (χ1n) is 5.88. The number of aliphatic hydroxyl groups is 1. The molecule has 1 heterocycles. The fourth-order valence-corrected chi connectivity index (χ4v) is 2.47. The van der Waals surface area contributed by atoms with Gasteiger partial charge in [-0.15, -0.1) is 0 Å². The van der Waals surface area contributed by atoms with Crippen molar-refractivity contribution in [3.63, 3.8) is 0 Å². The van der Waals surface area contributed by atoms with Crippen molar-refractivity contribution in [1.29, 1.82) is 0 Å². The molecule has 3 N–H and O–H groups in total. The van der Waals surface area contributed by atoms with E-state index in [1.165, 1.54) is 32.2 Å². The van der Waals surface area contributed by atoms with Gasteiger partial charge in [0.05, 0.1) is 0 Å². The highest BCUT2D eigenvalue weighted by molar-refractivity contribution is 4.83. The highest BCUT2D eigenvalue weighted by Crippen LogP contribution is 2.22. The molecule has 0 amide bonds. The second-order valence-electron chi connectivity index (χ2n) is 4.28. The zero-order valence-electron chi connectivity index (χ0n) is 9.28. The molecule has 0 aromatic heterocycles. The number of hydrogen-bond acceptors (Lipinski definition) is 3. The van der Waals surface area contributed by atoms with Crippen LogP contribution in [-0.4, -0.2) is 42.3 Å². The first-order chi connectivity index (χ1) is 6.83. The van der Waals surface area contributed by atoms with E-state index in [1.54, 1.807) is 0 Å². The molecule has 0 bridgehead atoms. The lowest BCUT2D eigenvalue weighted by atomic mass is 9.90. The summed E-state index contributed by atoms with van der Waals surface area (Å²) in [5.41, 5.74) is 5.69. The molecule has 1 rings (SSSR count). The van der Waals surface area contributed by atoms with Crippen molar-refractivity contribution in [1.82, 2.24) is 4.90 Å². The summed E-state index contributed by atoms with van der Waals surface area (Å²) in [6.45, 7) is 5.40. The van der Waals surface area contributed by atoms with Crippen LogP contribution in [-0.2, 0) is 0 Å². The third kappa shape index (κ3) is 2.94. The maximum absolute atomic E-state index is 9.26. The Kier molecular flexibility index (Phi) is 5.45. The normalized spacial score (nSPS) is 26.4. The van der Waals surface area contributed by atoms with Crippen LogP contribution in [0.1, 0.15) is 32.6 Å². The van der Waals surface area contributed by atoms with Crippen LogP contribution in [0.4, 0.5) is 0 Å². The van der Waals surface area contributed by atoms with Crippen LogP contribution in [0, 0.1) is 5.92 Å². The Hall–Kier alpha value is -0.120. The standard InChI is InChI=1S/C11H24N2O/c1-2-6-13-7-4-3-5-11(13)10(8-12)9-14/h10-11,14H,2-9,12H2,1H3. The topological polar surface area (TPSA) is 49.5 Å². The van der Waals surface area contributed by atoms with Gasteiger partial charge in [0.2, 0.25) is 0 Å². The molecule has 1 saturated heterocycles. The van der Waals surface area contributed by atoms with Gasteiger partial charge in [0, 0.05) is 18.6 Å². The fraction of sp³-hybridized carbons (Fsp3) is 1.00. The molecule has 1 fully saturated rings. The molecule has 3 nitrogen and oxygen atoms in total. The Morgan fingerprint density at radius 3 is 2.86 bits per heavy atom. The van der Waals surface area contributed by atoms with Crippen LogP contribution in [0.3, 0.4) is 0 Å². The van der Waals surface area contributed by atoms with E-state index in [0.29, 0.717) is 12.6 Å². The number of aliphatic hydroxyl groups excluding tert-OH is 1. The molecule has 0 aliphatic carbocycles. The first kappa shape index (κ1) is 12.0. The second-order valence-corrected chi connectivity index (χ2v) is 4.28. The zero-order chi connectivity index (χ0) is 10.4. The fourth-order valence-electron chi connectivity index (χ4n) is 2.47. The van der Waals surface area contributed by atoms with Crippen LogP contribution >= 0.6 is 0 Å². The molecule has 3 heteroatoms. The van der Waals surface area contributed by atoms with Crippen molar-refractivity contribution >= 4 is 0 Å². The third-order valence-electron chi connectivity index (χ3n) is 3.26. The van der Waals surface area contributed by atoms with Crippen molar-refractivity contribution in [2.24, 2.45) is 11.7 Å². The Morgan fingerprint density at radius 1 is 1.50 bits per heavy atom. The van der Waals surface area contributed by atoms with Gasteiger partial charge in [0.15, 0.2) is 0 Å². The summed E-state index contributed by atoms with van der Waals surface area (Å²) in [7, 11) is 0. The summed E-state index contributed by atoms with van der Waals surface area (Å²) in [6, 6.07) is 0.527. The number of hydrogen-bond donors (Lipinski definition) is 2. The molecule has 0 radical (unpaired) electrons. The van der Waals surface area contributed by atoms with E-state index >= 15 is 0 Å². The number of nitrogens with zero attached hydrogens (tertiary/aromatic N) is 1. The lowest BCUT2D eigenvalue weighted by molar-refractivity contribution is 0.0709. The van der Waals surface area contributed by atoms with Gasteiger partial charge in [-0.05, 0) is 38.9 Å². The minimum atomic E-state index is 0.237. The Bertz CT molecular complexity index is 146. The van der Waals surface area contributed by atoms with Crippen molar-refractivity contribution in [3.8, 4) is 0 Å². The molecular formula is C11H24N2O. The van der Waals surface area contributed by atoms with Crippen LogP contribution in [0.15, 0.2) is 0 Å². The van der Waals surface area contributed by atoms with Crippen LogP contribution < -0.4 is 5.73 Å². The van der Waals surface area contributed by atoms with Crippen LogP contribution in [0.25, 0.3) is 0 Å². The predicted molar refractivity (Wildman–Crippen MR) is 59.1 cm³/mol. The molecule has 1 aliphatic rings. The minimum Gasteiger partial charge on any atom is -0.396 e. The summed E-state index contributed by atoms with van der Waals surface area (Å²) in [5.74, 6) is 0.279. The average molecular weight is 200 g/mol. The summed E-state index contributed by atoms with van der Waals surface area (Å²) < 4.78 is 0. The first-order valence-corrected chi connectivity index (χ1v) is 5.88. The molecule has 0 aromatic rings. The van der Waals surface area contributed by atoms with Gasteiger partial charge in [-0.1, -0.05) is 13.3 Å². The van der Waals surface area contributed by atoms with E-state index in [1.807, 2.05) is 0 Å². The second kappa shape index (κ2) is 6.38. The molecule has 0 saturated carbocycles. The zero-order valence-corrected chi connectivity index (χ0v) is 9.28. The van der Waals surface area contributed by atoms with Gasteiger partial charge in [0.1, 0.15) is 0 Å². The predicted octanol–water partition coefficient (Wildman–Crippen LogP) is 0.818. The van der Waals surface area contributed by atoms with E-state index in [4.69, 9.17) is 5.73 Å². The summed E-state index contributed by atoms with van der Waals surface area (Å²) in [4.78, 5) is 2.51. The van der Waals surface area contributed by atoms with Crippen LogP contribution in [0.2, 0.25) is 0 Å². The SMILES string of the molecule is CCCN1CCCCC1C(CN)CO. The van der Waals surface area contributed by atoms with Gasteiger partial charge in [0.25, 0.3) is 0 Å². The highest BCUT2D eigenvalue weighted by atomic mass is 16.3. The Labute approximate surface area is 87.3 Å². The Balaban J connectivity index is 2.51. The van der Waals surface area contributed by atoms with Crippen molar-refractivity contribution in [2.45, 2.75) is 38.6 Å². The largest absolute Gasteiger partial charge is 0.396 e. The molecule has 2 atom stereocenters. The maximum Gasteiger partial charge on any atom is 0.0486 e. The minimum absolute atomic E-state index is 0.237. The van der Waals surface area contributed by atoms with E-state index in [-0.39, 0.29) is 12.5 Å². The lowest BCUT2D eigenvalue weighted by Gasteiger charge is -2.39. The van der Waals surface area contributed by atoms with Crippen molar-refractivity contribution < 1.29 is 5.11 Å². The highest BCUT2D eigenvalue weighted by Gasteiger charge is 2.27. The molecule has 84 valence electrons. The number of piperidine rings is 1. The van der Waals surface area contributed by atoms with Crippen LogP contribution in [0.5, 0.6) is 0 Å². The third-order valence-corrected chi connectivity index (χ3v) is 3.26. The molecule has 0 spiro atoms. The maximum atomic E-state index is 9.26. The van der Waals surface area contributed by atoms with Crippen molar-refractivity contribution in [3.05, 3.63) is 0 Å². The molecule has 14 heavy (non-hydrogen) atoms. The van der Waals surface area contributed by atoms with E-state index in [2.05, 4.69) is 11.8 Å². The molecule has 1 aliphatic heterocycles. The van der Waals surface area contributed by atoms with E-state index in [9.17, 15) is 5.11 Å². The summed E-state index contributed by atoms with van der Waals surface area (Å²) in [5, 5.41) is 9.26. The molecular weight excluding hydrogens is 176 g/mol. The van der Waals surface area contributed by atoms with Gasteiger partial charge in [-0.25, -0.2) is 0 Å². The smallest absolute Gasteiger partial charge is 0.0486 e.